The minimum Gasteiger partial charge on any atom is -0.480 e. The zero-order valence-electron chi connectivity index (χ0n) is 13.3. The molecule has 2 atom stereocenters. The van der Waals surface area contributed by atoms with Crippen molar-refractivity contribution in [1.29, 1.82) is 0 Å². The Hall–Kier alpha value is -2.63. The molecule has 2 rings (SSSR count). The van der Waals surface area contributed by atoms with Crippen molar-refractivity contribution in [3.05, 3.63) is 58.5 Å². The lowest BCUT2D eigenvalue weighted by Crippen LogP contribution is -2.36. The zero-order chi connectivity index (χ0) is 16.8. The fourth-order valence-corrected chi connectivity index (χ4v) is 2.25. The molecular formula is C17H21N3O3. The number of carboxylic acid groups (broad SMARTS) is 1. The summed E-state index contributed by atoms with van der Waals surface area (Å²) in [7, 11) is 0. The van der Waals surface area contributed by atoms with Crippen LogP contribution < -0.4 is 10.9 Å². The first-order valence-corrected chi connectivity index (χ1v) is 7.61. The van der Waals surface area contributed by atoms with Crippen LogP contribution in [0.1, 0.15) is 25.8 Å². The van der Waals surface area contributed by atoms with Gasteiger partial charge in [0.1, 0.15) is 6.04 Å². The monoisotopic (exact) mass is 315 g/mol. The molecule has 0 amide bonds. The predicted molar refractivity (Wildman–Crippen MR) is 88.5 cm³/mol. The average molecular weight is 315 g/mol. The van der Waals surface area contributed by atoms with Crippen molar-refractivity contribution in [2.45, 2.75) is 32.9 Å². The van der Waals surface area contributed by atoms with Gasteiger partial charge in [0.05, 0.1) is 18.4 Å². The van der Waals surface area contributed by atoms with Gasteiger partial charge in [0.25, 0.3) is 5.56 Å². The molecule has 0 saturated carbocycles. The van der Waals surface area contributed by atoms with E-state index in [1.807, 2.05) is 44.2 Å². The lowest BCUT2D eigenvalue weighted by Gasteiger charge is -2.21. The van der Waals surface area contributed by atoms with Crippen molar-refractivity contribution in [2.75, 3.05) is 5.32 Å². The van der Waals surface area contributed by atoms with Gasteiger partial charge in [-0.05, 0) is 11.5 Å². The Labute approximate surface area is 134 Å². The van der Waals surface area contributed by atoms with Gasteiger partial charge in [0.15, 0.2) is 0 Å². The molecule has 0 radical (unpaired) electrons. The molecule has 122 valence electrons. The minimum absolute atomic E-state index is 0.0562. The summed E-state index contributed by atoms with van der Waals surface area (Å²) in [5, 5.41) is 16.3. The summed E-state index contributed by atoms with van der Waals surface area (Å²) in [6.45, 7) is 4.17. The molecule has 0 spiro atoms. The van der Waals surface area contributed by atoms with Gasteiger partial charge in [-0.2, -0.15) is 5.10 Å². The fourth-order valence-electron chi connectivity index (χ4n) is 2.25. The molecule has 2 aromatic rings. The summed E-state index contributed by atoms with van der Waals surface area (Å²) >= 11 is 0. The molecule has 23 heavy (non-hydrogen) atoms. The van der Waals surface area contributed by atoms with E-state index in [2.05, 4.69) is 10.4 Å². The second-order valence-corrected chi connectivity index (χ2v) is 5.57. The van der Waals surface area contributed by atoms with Gasteiger partial charge in [0, 0.05) is 6.07 Å². The number of benzene rings is 1. The van der Waals surface area contributed by atoms with Gasteiger partial charge in [-0.25, -0.2) is 9.48 Å². The zero-order valence-corrected chi connectivity index (χ0v) is 13.3. The maximum atomic E-state index is 12.1. The Morgan fingerprint density at radius 3 is 2.61 bits per heavy atom. The number of rotatable bonds is 7. The summed E-state index contributed by atoms with van der Waals surface area (Å²) < 4.78 is 1.35. The lowest BCUT2D eigenvalue weighted by atomic mass is 9.99. The molecular weight excluding hydrogens is 294 g/mol. The number of nitrogens with one attached hydrogen (secondary N) is 1. The van der Waals surface area contributed by atoms with E-state index in [4.69, 9.17) is 0 Å². The summed E-state index contributed by atoms with van der Waals surface area (Å²) in [5.41, 5.74) is 1.13. The highest BCUT2D eigenvalue weighted by Gasteiger charge is 2.23. The third-order valence-electron chi connectivity index (χ3n) is 3.85. The van der Waals surface area contributed by atoms with E-state index < -0.39 is 12.0 Å². The van der Waals surface area contributed by atoms with Crippen LogP contribution in [0, 0.1) is 5.92 Å². The van der Waals surface area contributed by atoms with Crippen LogP contribution in [0.25, 0.3) is 0 Å². The molecule has 1 aromatic heterocycles. The quantitative estimate of drug-likeness (QED) is 0.818. The van der Waals surface area contributed by atoms with E-state index in [0.717, 1.165) is 12.0 Å². The van der Waals surface area contributed by atoms with Gasteiger partial charge < -0.3 is 10.4 Å². The van der Waals surface area contributed by atoms with E-state index in [1.54, 1.807) is 0 Å². The number of carboxylic acids is 1. The predicted octanol–water partition coefficient (Wildman–Crippen LogP) is 2.20. The number of carbonyl (C=O) groups is 1. The van der Waals surface area contributed by atoms with Gasteiger partial charge in [0.2, 0.25) is 0 Å². The van der Waals surface area contributed by atoms with E-state index >= 15 is 0 Å². The Balaban J connectivity index is 2.15. The lowest BCUT2D eigenvalue weighted by molar-refractivity contribution is -0.139. The molecule has 0 fully saturated rings. The molecule has 0 aliphatic carbocycles. The Morgan fingerprint density at radius 1 is 1.35 bits per heavy atom. The summed E-state index contributed by atoms with van der Waals surface area (Å²) in [6, 6.07) is 10.2. The molecule has 2 N–H and O–H groups in total. The van der Waals surface area contributed by atoms with E-state index in [-0.39, 0.29) is 11.5 Å². The van der Waals surface area contributed by atoms with Crippen LogP contribution in [-0.4, -0.2) is 26.9 Å². The van der Waals surface area contributed by atoms with Crippen LogP contribution in [0.15, 0.2) is 47.4 Å². The number of hydrogen-bond donors (Lipinski definition) is 2. The molecule has 1 heterocycles. The van der Waals surface area contributed by atoms with Gasteiger partial charge in [-0.15, -0.1) is 0 Å². The standard InChI is InChI=1S/C17H21N3O3/c1-3-12(2)16(17(22)23)19-14-9-15(21)20(18-10-14)11-13-7-5-4-6-8-13/h4-10,12,16,19H,3,11H2,1-2H3,(H,22,23)/t12-,16-/m0/s1. The maximum Gasteiger partial charge on any atom is 0.326 e. The van der Waals surface area contributed by atoms with Crippen molar-refractivity contribution in [2.24, 2.45) is 5.92 Å². The van der Waals surface area contributed by atoms with Crippen LogP contribution in [0.2, 0.25) is 0 Å². The number of nitrogens with zero attached hydrogens (tertiary/aromatic N) is 2. The SMILES string of the molecule is CC[C@H](C)[C@H](Nc1cnn(Cc2ccccc2)c(=O)c1)C(=O)O. The molecule has 6 heteroatoms. The fraction of sp³-hybridized carbons (Fsp3) is 0.353. The van der Waals surface area contributed by atoms with Gasteiger partial charge >= 0.3 is 5.97 Å². The highest BCUT2D eigenvalue weighted by molar-refractivity contribution is 5.77. The van der Waals surface area contributed by atoms with Crippen LogP contribution in [0.4, 0.5) is 5.69 Å². The van der Waals surface area contributed by atoms with Crippen LogP contribution in [0.5, 0.6) is 0 Å². The number of hydrogen-bond acceptors (Lipinski definition) is 4. The van der Waals surface area contributed by atoms with Crippen LogP contribution in [0.3, 0.4) is 0 Å². The van der Waals surface area contributed by atoms with Crippen LogP contribution >= 0.6 is 0 Å². The van der Waals surface area contributed by atoms with Gasteiger partial charge in [-0.3, -0.25) is 4.79 Å². The van der Waals surface area contributed by atoms with Crippen molar-refractivity contribution >= 4 is 11.7 Å². The van der Waals surface area contributed by atoms with E-state index in [0.29, 0.717) is 12.2 Å². The molecule has 0 aliphatic rings. The topological polar surface area (TPSA) is 84.2 Å². The number of aromatic nitrogens is 2. The van der Waals surface area contributed by atoms with Gasteiger partial charge in [-0.1, -0.05) is 50.6 Å². The Bertz CT molecular complexity index is 713. The van der Waals surface area contributed by atoms with Crippen molar-refractivity contribution in [3.63, 3.8) is 0 Å². The minimum atomic E-state index is -0.937. The summed E-state index contributed by atoms with van der Waals surface area (Å²) in [5.74, 6) is -0.993. The second-order valence-electron chi connectivity index (χ2n) is 5.57. The maximum absolute atomic E-state index is 12.1. The molecule has 0 bridgehead atoms. The normalized spacial score (nSPS) is 13.3. The first-order valence-electron chi connectivity index (χ1n) is 7.61. The van der Waals surface area contributed by atoms with E-state index in [9.17, 15) is 14.7 Å². The summed E-state index contributed by atoms with van der Waals surface area (Å²) in [4.78, 5) is 23.5. The molecule has 6 nitrogen and oxygen atoms in total. The highest BCUT2D eigenvalue weighted by Crippen LogP contribution is 2.14. The summed E-state index contributed by atoms with van der Waals surface area (Å²) in [6.07, 6.45) is 2.21. The highest BCUT2D eigenvalue weighted by atomic mass is 16.4. The Kier molecular flexibility index (Phi) is 5.51. The largest absolute Gasteiger partial charge is 0.480 e. The number of anilines is 1. The van der Waals surface area contributed by atoms with Crippen molar-refractivity contribution in [1.82, 2.24) is 9.78 Å². The first-order chi connectivity index (χ1) is 11.0. The van der Waals surface area contributed by atoms with Crippen LogP contribution in [-0.2, 0) is 11.3 Å². The Morgan fingerprint density at radius 2 is 2.04 bits per heavy atom. The molecule has 0 saturated heterocycles. The second kappa shape index (κ2) is 7.58. The molecule has 0 aliphatic heterocycles. The van der Waals surface area contributed by atoms with Crippen molar-refractivity contribution in [3.8, 4) is 0 Å². The third kappa shape index (κ3) is 4.42. The molecule has 0 unspecified atom stereocenters. The first kappa shape index (κ1) is 16.7. The average Bonchev–Trinajstić information content (AvgIpc) is 2.55. The third-order valence-corrected chi connectivity index (χ3v) is 3.85. The smallest absolute Gasteiger partial charge is 0.326 e. The molecule has 1 aromatic carbocycles. The van der Waals surface area contributed by atoms with Crippen molar-refractivity contribution < 1.29 is 9.90 Å². The number of aliphatic carboxylic acids is 1. The van der Waals surface area contributed by atoms with E-state index in [1.165, 1.54) is 16.9 Å².